The maximum atomic E-state index is 12.0. The summed E-state index contributed by atoms with van der Waals surface area (Å²) >= 11 is 0. The summed E-state index contributed by atoms with van der Waals surface area (Å²) in [7, 11) is -3.44. The smallest absolute Gasteiger partial charge is 0.240 e. The van der Waals surface area contributed by atoms with E-state index in [0.717, 1.165) is 19.3 Å². The van der Waals surface area contributed by atoms with E-state index in [-0.39, 0.29) is 17.0 Å². The minimum absolute atomic E-state index is 0.149. The van der Waals surface area contributed by atoms with Crippen molar-refractivity contribution in [2.45, 2.75) is 42.7 Å². The van der Waals surface area contributed by atoms with Crippen LogP contribution in [0.25, 0.3) is 0 Å². The normalized spacial score (nSPS) is 25.7. The largest absolute Gasteiger partial charge is 0.393 e. The summed E-state index contributed by atoms with van der Waals surface area (Å²) < 4.78 is 26.7. The highest BCUT2D eigenvalue weighted by molar-refractivity contribution is 7.89. The Morgan fingerprint density at radius 3 is 2.53 bits per heavy atom. The lowest BCUT2D eigenvalue weighted by molar-refractivity contribution is 0.117. The van der Waals surface area contributed by atoms with Crippen LogP contribution in [0.4, 0.5) is 0 Å². The number of rotatable bonds is 3. The van der Waals surface area contributed by atoms with E-state index < -0.39 is 10.0 Å². The van der Waals surface area contributed by atoms with Crippen LogP contribution in [-0.4, -0.2) is 25.7 Å². The summed E-state index contributed by atoms with van der Waals surface area (Å²) in [5, 5.41) is 9.51. The molecular formula is C12H17NO3S. The van der Waals surface area contributed by atoms with Crippen LogP contribution in [0.1, 0.15) is 25.7 Å². The fourth-order valence-corrected chi connectivity index (χ4v) is 3.46. The fourth-order valence-electron chi connectivity index (χ4n) is 2.16. The van der Waals surface area contributed by atoms with Crippen LogP contribution in [-0.2, 0) is 10.0 Å². The van der Waals surface area contributed by atoms with Crippen LogP contribution < -0.4 is 4.72 Å². The van der Waals surface area contributed by atoms with Crippen molar-refractivity contribution in [1.82, 2.24) is 4.72 Å². The van der Waals surface area contributed by atoms with E-state index in [1.165, 1.54) is 0 Å². The number of sulfonamides is 1. The van der Waals surface area contributed by atoms with Crippen molar-refractivity contribution >= 4 is 10.0 Å². The molecule has 0 spiro atoms. The highest BCUT2D eigenvalue weighted by atomic mass is 32.2. The molecule has 0 heterocycles. The molecular weight excluding hydrogens is 238 g/mol. The second-order valence-corrected chi connectivity index (χ2v) is 6.17. The van der Waals surface area contributed by atoms with Crippen molar-refractivity contribution < 1.29 is 13.5 Å². The van der Waals surface area contributed by atoms with Gasteiger partial charge in [0.2, 0.25) is 10.0 Å². The first-order valence-corrected chi connectivity index (χ1v) is 7.32. The van der Waals surface area contributed by atoms with Gasteiger partial charge in [-0.3, -0.25) is 0 Å². The molecule has 0 bridgehead atoms. The third-order valence-corrected chi connectivity index (χ3v) is 4.56. The quantitative estimate of drug-likeness (QED) is 0.854. The first-order chi connectivity index (χ1) is 8.08. The van der Waals surface area contributed by atoms with Crippen LogP contribution in [0.5, 0.6) is 0 Å². The Balaban J connectivity index is 2.07. The molecule has 94 valence electrons. The SMILES string of the molecule is O=S(=O)(NC1CCCC(O)C1)c1ccccc1. The van der Waals surface area contributed by atoms with E-state index >= 15 is 0 Å². The van der Waals surface area contributed by atoms with Gasteiger partial charge in [0, 0.05) is 6.04 Å². The van der Waals surface area contributed by atoms with E-state index in [4.69, 9.17) is 0 Å². The molecule has 0 saturated heterocycles. The molecule has 2 unspecified atom stereocenters. The molecule has 1 aliphatic carbocycles. The average Bonchev–Trinajstić information content (AvgIpc) is 2.29. The van der Waals surface area contributed by atoms with Crippen LogP contribution in [0.15, 0.2) is 35.2 Å². The van der Waals surface area contributed by atoms with E-state index in [1.54, 1.807) is 30.3 Å². The van der Waals surface area contributed by atoms with Gasteiger partial charge in [0.1, 0.15) is 0 Å². The molecule has 1 fully saturated rings. The minimum Gasteiger partial charge on any atom is -0.393 e. The molecule has 2 rings (SSSR count). The molecule has 0 amide bonds. The van der Waals surface area contributed by atoms with Gasteiger partial charge in [0.25, 0.3) is 0 Å². The van der Waals surface area contributed by atoms with Crippen LogP contribution >= 0.6 is 0 Å². The zero-order valence-electron chi connectivity index (χ0n) is 9.54. The Kier molecular flexibility index (Phi) is 3.81. The fraction of sp³-hybridized carbons (Fsp3) is 0.500. The molecule has 1 saturated carbocycles. The summed E-state index contributed by atoms with van der Waals surface area (Å²) in [6.07, 6.45) is 2.55. The number of benzene rings is 1. The van der Waals surface area contributed by atoms with Crippen LogP contribution in [0.2, 0.25) is 0 Å². The van der Waals surface area contributed by atoms with Crippen LogP contribution in [0.3, 0.4) is 0 Å². The number of hydrogen-bond donors (Lipinski definition) is 2. The standard InChI is InChI=1S/C12H17NO3S/c14-11-6-4-5-10(9-11)13-17(15,16)12-7-2-1-3-8-12/h1-3,7-8,10-11,13-14H,4-6,9H2. The third-order valence-electron chi connectivity index (χ3n) is 3.02. The molecule has 5 heteroatoms. The molecule has 0 aromatic heterocycles. The van der Waals surface area contributed by atoms with Gasteiger partial charge in [-0.1, -0.05) is 18.2 Å². The number of aliphatic hydroxyl groups excluding tert-OH is 1. The maximum absolute atomic E-state index is 12.0. The first kappa shape index (κ1) is 12.5. The van der Waals surface area contributed by atoms with Gasteiger partial charge in [-0.2, -0.15) is 0 Å². The van der Waals surface area contributed by atoms with Gasteiger partial charge < -0.3 is 5.11 Å². The van der Waals surface area contributed by atoms with Crippen molar-refractivity contribution in [1.29, 1.82) is 0 Å². The predicted molar refractivity (Wildman–Crippen MR) is 65.0 cm³/mol. The number of nitrogens with one attached hydrogen (secondary N) is 1. The van der Waals surface area contributed by atoms with Crippen molar-refractivity contribution in [3.63, 3.8) is 0 Å². The maximum Gasteiger partial charge on any atom is 0.240 e. The van der Waals surface area contributed by atoms with Crippen molar-refractivity contribution in [2.75, 3.05) is 0 Å². The lowest BCUT2D eigenvalue weighted by atomic mass is 9.94. The molecule has 2 atom stereocenters. The summed E-state index contributed by atoms with van der Waals surface area (Å²) in [5.74, 6) is 0. The van der Waals surface area contributed by atoms with E-state index in [2.05, 4.69) is 4.72 Å². The zero-order chi connectivity index (χ0) is 12.3. The second-order valence-electron chi connectivity index (χ2n) is 4.45. The number of hydrogen-bond acceptors (Lipinski definition) is 3. The second kappa shape index (κ2) is 5.16. The minimum atomic E-state index is -3.44. The molecule has 1 aliphatic rings. The Labute approximate surface area is 102 Å². The summed E-state index contributed by atoms with van der Waals surface area (Å²) in [6, 6.07) is 8.17. The molecule has 4 nitrogen and oxygen atoms in total. The van der Waals surface area contributed by atoms with E-state index in [9.17, 15) is 13.5 Å². The van der Waals surface area contributed by atoms with Gasteiger partial charge in [0.15, 0.2) is 0 Å². The van der Waals surface area contributed by atoms with Crippen molar-refractivity contribution in [3.8, 4) is 0 Å². The van der Waals surface area contributed by atoms with Crippen molar-refractivity contribution in [2.24, 2.45) is 0 Å². The van der Waals surface area contributed by atoms with E-state index in [0.29, 0.717) is 6.42 Å². The third kappa shape index (κ3) is 3.28. The summed E-state index contributed by atoms with van der Waals surface area (Å²) in [4.78, 5) is 0.278. The molecule has 17 heavy (non-hydrogen) atoms. The Morgan fingerprint density at radius 2 is 1.88 bits per heavy atom. The first-order valence-electron chi connectivity index (χ1n) is 5.83. The van der Waals surface area contributed by atoms with Crippen LogP contribution in [0, 0.1) is 0 Å². The topological polar surface area (TPSA) is 66.4 Å². The lowest BCUT2D eigenvalue weighted by Gasteiger charge is -2.26. The Bertz CT molecular complexity index is 458. The molecule has 2 N–H and O–H groups in total. The van der Waals surface area contributed by atoms with Gasteiger partial charge >= 0.3 is 0 Å². The molecule has 0 aliphatic heterocycles. The van der Waals surface area contributed by atoms with Gasteiger partial charge in [0.05, 0.1) is 11.0 Å². The highest BCUT2D eigenvalue weighted by Crippen LogP contribution is 2.20. The van der Waals surface area contributed by atoms with Gasteiger partial charge in [-0.05, 0) is 37.8 Å². The number of aliphatic hydroxyl groups is 1. The van der Waals surface area contributed by atoms with Gasteiger partial charge in [-0.25, -0.2) is 13.1 Å². The summed E-state index contributed by atoms with van der Waals surface area (Å²) in [5.41, 5.74) is 0. The Hall–Kier alpha value is -0.910. The lowest BCUT2D eigenvalue weighted by Crippen LogP contribution is -2.39. The zero-order valence-corrected chi connectivity index (χ0v) is 10.4. The molecule has 1 aromatic carbocycles. The van der Waals surface area contributed by atoms with E-state index in [1.807, 2.05) is 0 Å². The molecule has 1 aromatic rings. The monoisotopic (exact) mass is 255 g/mol. The van der Waals surface area contributed by atoms with Gasteiger partial charge in [-0.15, -0.1) is 0 Å². The Morgan fingerprint density at radius 1 is 1.18 bits per heavy atom. The predicted octanol–water partition coefficient (Wildman–Crippen LogP) is 1.27. The summed E-state index contributed by atoms with van der Waals surface area (Å²) in [6.45, 7) is 0. The average molecular weight is 255 g/mol. The van der Waals surface area contributed by atoms with Crippen molar-refractivity contribution in [3.05, 3.63) is 30.3 Å². The highest BCUT2D eigenvalue weighted by Gasteiger charge is 2.25. The molecule has 0 radical (unpaired) electrons.